The number of hydrogen-bond acceptors (Lipinski definition) is 6. The second-order valence-electron chi connectivity index (χ2n) is 7.32. The number of anilines is 1. The molecule has 156 valence electrons. The predicted octanol–water partition coefficient (Wildman–Crippen LogP) is 2.03. The van der Waals surface area contributed by atoms with Gasteiger partial charge in [0.25, 0.3) is 5.91 Å². The van der Waals surface area contributed by atoms with E-state index >= 15 is 0 Å². The Labute approximate surface area is 175 Å². The number of thioether (sulfide) groups is 1. The molecule has 1 amide bonds. The maximum atomic E-state index is 12.6. The van der Waals surface area contributed by atoms with Crippen LogP contribution in [0.1, 0.15) is 41.9 Å². The van der Waals surface area contributed by atoms with E-state index in [1.54, 1.807) is 11.8 Å². The minimum absolute atomic E-state index is 0.0116. The number of carbonyl (C=O) groups excluding carboxylic acids is 1. The fraction of sp³-hybridized carbons (Fsp3) is 0.500. The highest BCUT2D eigenvalue weighted by atomic mass is 32.2. The van der Waals surface area contributed by atoms with Crippen molar-refractivity contribution in [2.24, 2.45) is 16.5 Å². The molecule has 0 bridgehead atoms. The Kier molecular flexibility index (Phi) is 7.13. The number of aromatic nitrogens is 2. The van der Waals surface area contributed by atoms with Gasteiger partial charge in [-0.2, -0.15) is 11.8 Å². The summed E-state index contributed by atoms with van der Waals surface area (Å²) in [6.45, 7) is 2.60. The maximum absolute atomic E-state index is 12.6. The molecule has 2 atom stereocenters. The summed E-state index contributed by atoms with van der Waals surface area (Å²) in [5.41, 5.74) is 13.1. The number of benzene rings is 1. The molecule has 29 heavy (non-hydrogen) atoms. The molecule has 3 rings (SSSR count). The summed E-state index contributed by atoms with van der Waals surface area (Å²) in [4.78, 5) is 26.0. The molecule has 1 aliphatic rings. The first-order chi connectivity index (χ1) is 14.0. The molecular formula is C20H29N7OS. The fourth-order valence-electron chi connectivity index (χ4n) is 3.60. The number of nitrogens with one attached hydrogen (secondary N) is 2. The van der Waals surface area contributed by atoms with Crippen LogP contribution in [0.5, 0.6) is 0 Å². The zero-order valence-electron chi connectivity index (χ0n) is 16.9. The topological polar surface area (TPSA) is 131 Å². The molecule has 2 aromatic rings. The third kappa shape index (κ3) is 5.50. The standard InChI is InChI=1S/C20H29N7OS/c1-12-7-8-14-13(11-12)17(27-18(24-14)19(28)23-9-10-29-2)25-15-5-3-4-6-16(15)26-20(21)22/h7-8,11,15-16H,3-6,9-10H2,1-2H3,(H,23,28)(H4,21,22,26)(H,24,25,27)/t15-,16+/m0/s1. The SMILES string of the molecule is CSCCNC(=O)c1nc(N[C@H]2CCCC[C@H]2N=C(N)N)c2cc(C)ccc2n1. The molecule has 0 aliphatic heterocycles. The number of carbonyl (C=O) groups is 1. The molecule has 1 aliphatic carbocycles. The van der Waals surface area contributed by atoms with E-state index in [-0.39, 0.29) is 29.8 Å². The lowest BCUT2D eigenvalue weighted by Crippen LogP contribution is -2.38. The second kappa shape index (κ2) is 9.78. The van der Waals surface area contributed by atoms with E-state index in [4.69, 9.17) is 11.5 Å². The first kappa shape index (κ1) is 21.2. The fourth-order valence-corrected chi connectivity index (χ4v) is 3.91. The van der Waals surface area contributed by atoms with Crippen molar-refractivity contribution >= 4 is 40.3 Å². The molecule has 1 aromatic carbocycles. The van der Waals surface area contributed by atoms with Gasteiger partial charge in [-0.05, 0) is 38.2 Å². The molecule has 0 radical (unpaired) electrons. The average molecular weight is 416 g/mol. The number of nitrogens with zero attached hydrogens (tertiary/aromatic N) is 3. The molecule has 9 heteroatoms. The highest BCUT2D eigenvalue weighted by Gasteiger charge is 2.26. The Morgan fingerprint density at radius 2 is 2.07 bits per heavy atom. The van der Waals surface area contributed by atoms with Crippen LogP contribution in [-0.4, -0.2) is 52.5 Å². The molecule has 6 N–H and O–H groups in total. The summed E-state index contributed by atoms with van der Waals surface area (Å²) in [6.07, 6.45) is 6.04. The van der Waals surface area contributed by atoms with Crippen LogP contribution >= 0.6 is 11.8 Å². The van der Waals surface area contributed by atoms with Gasteiger partial charge in [-0.15, -0.1) is 0 Å². The number of fused-ring (bicyclic) bond motifs is 1. The van der Waals surface area contributed by atoms with Crippen LogP contribution in [0.15, 0.2) is 23.2 Å². The Bertz CT molecular complexity index is 898. The molecule has 0 saturated heterocycles. The molecule has 8 nitrogen and oxygen atoms in total. The van der Waals surface area contributed by atoms with Crippen molar-refractivity contribution in [2.75, 3.05) is 23.9 Å². The Morgan fingerprint density at radius 1 is 1.28 bits per heavy atom. The lowest BCUT2D eigenvalue weighted by atomic mass is 9.90. The third-order valence-corrected chi connectivity index (χ3v) is 5.62. The summed E-state index contributed by atoms with van der Waals surface area (Å²) in [6, 6.07) is 5.98. The normalized spacial score (nSPS) is 19.0. The smallest absolute Gasteiger partial charge is 0.289 e. The van der Waals surface area contributed by atoms with Crippen molar-refractivity contribution in [3.05, 3.63) is 29.6 Å². The molecule has 0 spiro atoms. The number of nitrogens with two attached hydrogens (primary N) is 2. The lowest BCUT2D eigenvalue weighted by Gasteiger charge is -2.30. The van der Waals surface area contributed by atoms with Gasteiger partial charge in [0.2, 0.25) is 5.82 Å². The molecule has 1 aromatic heterocycles. The van der Waals surface area contributed by atoms with E-state index in [0.29, 0.717) is 12.4 Å². The summed E-state index contributed by atoms with van der Waals surface area (Å²) in [5, 5.41) is 7.28. The van der Waals surface area contributed by atoms with Crippen LogP contribution in [0, 0.1) is 6.92 Å². The largest absolute Gasteiger partial charge is 0.370 e. The van der Waals surface area contributed by atoms with Gasteiger partial charge in [0, 0.05) is 17.7 Å². The van der Waals surface area contributed by atoms with Crippen molar-refractivity contribution in [3.63, 3.8) is 0 Å². The molecular weight excluding hydrogens is 386 g/mol. The lowest BCUT2D eigenvalue weighted by molar-refractivity contribution is 0.0946. The van der Waals surface area contributed by atoms with Crippen molar-refractivity contribution in [1.29, 1.82) is 0 Å². The number of aliphatic imine (C=N–C) groups is 1. The number of aryl methyl sites for hydroxylation is 1. The van der Waals surface area contributed by atoms with E-state index < -0.39 is 0 Å². The van der Waals surface area contributed by atoms with Gasteiger partial charge in [0.1, 0.15) is 5.82 Å². The van der Waals surface area contributed by atoms with Gasteiger partial charge in [-0.1, -0.05) is 24.5 Å². The van der Waals surface area contributed by atoms with Crippen molar-refractivity contribution < 1.29 is 4.79 Å². The number of rotatable bonds is 7. The van der Waals surface area contributed by atoms with Crippen LogP contribution in [0.25, 0.3) is 10.9 Å². The second-order valence-corrected chi connectivity index (χ2v) is 8.31. The van der Waals surface area contributed by atoms with Gasteiger partial charge in [-0.25, -0.2) is 15.0 Å². The summed E-state index contributed by atoms with van der Waals surface area (Å²) in [5.74, 6) is 1.48. The minimum Gasteiger partial charge on any atom is -0.370 e. The van der Waals surface area contributed by atoms with E-state index in [1.807, 2.05) is 31.4 Å². The van der Waals surface area contributed by atoms with Gasteiger partial charge in [0.05, 0.1) is 17.6 Å². The Morgan fingerprint density at radius 3 is 2.83 bits per heavy atom. The van der Waals surface area contributed by atoms with Crippen LogP contribution in [-0.2, 0) is 0 Å². The quantitative estimate of drug-likeness (QED) is 0.309. The van der Waals surface area contributed by atoms with Crippen LogP contribution < -0.4 is 22.1 Å². The monoisotopic (exact) mass is 415 g/mol. The number of amides is 1. The van der Waals surface area contributed by atoms with Crippen LogP contribution in [0.4, 0.5) is 5.82 Å². The zero-order valence-corrected chi connectivity index (χ0v) is 17.8. The summed E-state index contributed by atoms with van der Waals surface area (Å²) in [7, 11) is 0. The van der Waals surface area contributed by atoms with E-state index in [2.05, 4.69) is 25.6 Å². The van der Waals surface area contributed by atoms with Crippen molar-refractivity contribution in [3.8, 4) is 0 Å². The summed E-state index contributed by atoms with van der Waals surface area (Å²) >= 11 is 1.67. The van der Waals surface area contributed by atoms with Crippen molar-refractivity contribution in [2.45, 2.75) is 44.7 Å². The van der Waals surface area contributed by atoms with Crippen LogP contribution in [0.3, 0.4) is 0 Å². The first-order valence-corrected chi connectivity index (χ1v) is 11.3. The van der Waals surface area contributed by atoms with Crippen molar-refractivity contribution in [1.82, 2.24) is 15.3 Å². The maximum Gasteiger partial charge on any atom is 0.289 e. The highest BCUT2D eigenvalue weighted by molar-refractivity contribution is 7.98. The van der Waals surface area contributed by atoms with Gasteiger partial charge < -0.3 is 22.1 Å². The highest BCUT2D eigenvalue weighted by Crippen LogP contribution is 2.28. The van der Waals surface area contributed by atoms with Gasteiger partial charge in [-0.3, -0.25) is 4.79 Å². The van der Waals surface area contributed by atoms with Gasteiger partial charge in [0.15, 0.2) is 5.96 Å². The van der Waals surface area contributed by atoms with E-state index in [0.717, 1.165) is 47.9 Å². The van der Waals surface area contributed by atoms with Gasteiger partial charge >= 0.3 is 0 Å². The minimum atomic E-state index is -0.269. The first-order valence-electron chi connectivity index (χ1n) is 9.88. The molecule has 1 heterocycles. The summed E-state index contributed by atoms with van der Waals surface area (Å²) < 4.78 is 0. The molecule has 0 unspecified atom stereocenters. The number of guanidine groups is 1. The zero-order chi connectivity index (χ0) is 20.8. The molecule has 1 saturated carbocycles. The Hall–Kier alpha value is -2.55. The average Bonchev–Trinajstić information content (AvgIpc) is 2.69. The van der Waals surface area contributed by atoms with E-state index in [1.165, 1.54) is 0 Å². The van der Waals surface area contributed by atoms with Crippen LogP contribution in [0.2, 0.25) is 0 Å². The Balaban J connectivity index is 1.94. The predicted molar refractivity (Wildman–Crippen MR) is 120 cm³/mol. The molecule has 1 fully saturated rings. The number of hydrogen-bond donors (Lipinski definition) is 4. The van der Waals surface area contributed by atoms with E-state index in [9.17, 15) is 4.79 Å². The third-order valence-electron chi connectivity index (χ3n) is 5.01.